The highest BCUT2D eigenvalue weighted by atomic mass is 16.3. The minimum absolute atomic E-state index is 0.141. The molecule has 0 saturated heterocycles. The largest absolute Gasteiger partial charge is 0.392 e. The van der Waals surface area contributed by atoms with E-state index in [1.807, 2.05) is 0 Å². The van der Waals surface area contributed by atoms with E-state index in [9.17, 15) is 5.11 Å². The third-order valence-corrected chi connectivity index (χ3v) is 12.8. The number of hydrogen-bond acceptors (Lipinski definition) is 1. The van der Waals surface area contributed by atoms with Crippen molar-refractivity contribution in [2.75, 3.05) is 0 Å². The van der Waals surface area contributed by atoms with Crippen LogP contribution in [0.3, 0.4) is 0 Å². The summed E-state index contributed by atoms with van der Waals surface area (Å²) in [5, 5.41) is 12.0. The van der Waals surface area contributed by atoms with Gasteiger partial charge in [0.1, 0.15) is 0 Å². The average Bonchev–Trinajstić information content (AvgIpc) is 2.67. The Bertz CT molecular complexity index is 982. The lowest BCUT2D eigenvalue weighted by Gasteiger charge is -2.69. The zero-order valence-corrected chi connectivity index (χ0v) is 21.4. The second-order valence-corrected chi connectivity index (χ2v) is 14.2. The average molecular weight is 421 g/mol. The van der Waals surface area contributed by atoms with Gasteiger partial charge in [0.05, 0.1) is 6.10 Å². The van der Waals surface area contributed by atoms with E-state index < -0.39 is 0 Å². The highest BCUT2D eigenvalue weighted by Gasteiger charge is 2.67. The first-order chi connectivity index (χ1) is 14.3. The molecule has 0 heterocycles. The lowest BCUT2D eigenvalue weighted by atomic mass is 9.35. The van der Waals surface area contributed by atoms with Gasteiger partial charge in [0.25, 0.3) is 0 Å². The maximum absolute atomic E-state index is 12.0. The van der Waals surface area contributed by atoms with Crippen LogP contribution in [0.25, 0.3) is 0 Å². The third-order valence-electron chi connectivity index (χ3n) is 12.8. The Morgan fingerprint density at radius 1 is 0.710 bits per heavy atom. The van der Waals surface area contributed by atoms with E-state index in [1.54, 1.807) is 33.4 Å². The number of hydrogen-bond donors (Lipinski definition) is 1. The van der Waals surface area contributed by atoms with Crippen LogP contribution in [0.15, 0.2) is 33.4 Å². The fraction of sp³-hybridized carbons (Fsp3) is 0.800. The number of aliphatic hydroxyl groups is 1. The molecule has 0 aromatic carbocycles. The van der Waals surface area contributed by atoms with Gasteiger partial charge >= 0.3 is 0 Å². The fourth-order valence-corrected chi connectivity index (χ4v) is 10.3. The molecule has 3 saturated carbocycles. The number of rotatable bonds is 2. The van der Waals surface area contributed by atoms with E-state index in [-0.39, 0.29) is 16.9 Å². The predicted molar refractivity (Wildman–Crippen MR) is 128 cm³/mol. The van der Waals surface area contributed by atoms with Crippen molar-refractivity contribution in [2.24, 2.45) is 51.2 Å². The van der Waals surface area contributed by atoms with Gasteiger partial charge < -0.3 is 5.11 Å². The van der Waals surface area contributed by atoms with Crippen molar-refractivity contribution in [2.45, 2.75) is 101 Å². The zero-order valence-electron chi connectivity index (χ0n) is 21.4. The van der Waals surface area contributed by atoms with Gasteiger partial charge in [-0.1, -0.05) is 75.0 Å². The molecule has 6 bridgehead atoms. The summed E-state index contributed by atoms with van der Waals surface area (Å²) in [5.41, 5.74) is 11.2. The van der Waals surface area contributed by atoms with Crippen LogP contribution >= 0.6 is 0 Å². The predicted octanol–water partition coefficient (Wildman–Crippen LogP) is 7.47. The molecule has 1 heteroatoms. The van der Waals surface area contributed by atoms with Crippen LogP contribution < -0.4 is 0 Å². The van der Waals surface area contributed by atoms with Crippen molar-refractivity contribution in [3.8, 4) is 0 Å². The van der Waals surface area contributed by atoms with Crippen molar-refractivity contribution in [3.63, 3.8) is 0 Å². The maximum atomic E-state index is 12.0. The van der Waals surface area contributed by atoms with Gasteiger partial charge in [-0.15, -0.1) is 0 Å². The van der Waals surface area contributed by atoms with Crippen LogP contribution in [-0.4, -0.2) is 11.2 Å². The molecule has 0 aromatic rings. The quantitative estimate of drug-likeness (QED) is 0.459. The molecule has 7 atom stereocenters. The van der Waals surface area contributed by atoms with Crippen molar-refractivity contribution < 1.29 is 5.11 Å². The molecule has 3 fully saturated rings. The molecule has 1 N–H and O–H groups in total. The van der Waals surface area contributed by atoms with E-state index in [1.165, 1.54) is 25.7 Å². The van der Waals surface area contributed by atoms with Crippen molar-refractivity contribution in [3.05, 3.63) is 33.4 Å². The standard InChI is InChI=1S/C30H44O/c1-15-20-10-18(27(20,4)5)11-22(15)30(14-19-12-23(17(30)3)28(19,6)7)25-16(2)21-13-24(26(25)31)29(21,8)9/h18-19,22,24-26,31H,10-14H2,1-9H3/t18-,19+,22-,24+,25+,26+,30+/m1/s1. The van der Waals surface area contributed by atoms with Gasteiger partial charge in [-0.2, -0.15) is 0 Å². The SMILES string of the molecule is CC1=C2C[C@H](C[C@H]1[C@]1([C@H]3C(C)=C4C[C@@H]([C@@H]3O)C4(C)C)C[C@@H]3CC(=C1C)C3(C)C)C2(C)C. The number of aliphatic hydroxyl groups excluding tert-OH is 1. The first-order valence-electron chi connectivity index (χ1n) is 13.1. The van der Waals surface area contributed by atoms with E-state index in [4.69, 9.17) is 0 Å². The molecular weight excluding hydrogens is 376 g/mol. The van der Waals surface area contributed by atoms with Crippen LogP contribution in [0, 0.1) is 51.2 Å². The Balaban J connectivity index is 1.57. The Morgan fingerprint density at radius 3 is 1.77 bits per heavy atom. The molecule has 170 valence electrons. The van der Waals surface area contributed by atoms with Gasteiger partial charge in [0, 0.05) is 11.3 Å². The summed E-state index contributed by atoms with van der Waals surface area (Å²) in [4.78, 5) is 0. The van der Waals surface area contributed by atoms with Gasteiger partial charge in [0.15, 0.2) is 0 Å². The summed E-state index contributed by atoms with van der Waals surface area (Å²) in [6.45, 7) is 22.1. The van der Waals surface area contributed by atoms with Crippen LogP contribution in [0.4, 0.5) is 0 Å². The molecule has 0 aromatic heterocycles. The number of allylic oxidation sites excluding steroid dienone is 5. The molecule has 9 aliphatic rings. The highest BCUT2D eigenvalue weighted by molar-refractivity contribution is 5.49. The van der Waals surface area contributed by atoms with Crippen LogP contribution in [0.5, 0.6) is 0 Å². The highest BCUT2D eigenvalue weighted by Crippen LogP contribution is 2.75. The minimum Gasteiger partial charge on any atom is -0.392 e. The molecule has 0 spiro atoms. The molecule has 0 amide bonds. The molecule has 0 aliphatic heterocycles. The molecule has 9 rings (SSSR count). The topological polar surface area (TPSA) is 20.2 Å². The van der Waals surface area contributed by atoms with E-state index in [2.05, 4.69) is 62.3 Å². The van der Waals surface area contributed by atoms with Gasteiger partial charge in [-0.25, -0.2) is 0 Å². The molecule has 0 unspecified atom stereocenters. The van der Waals surface area contributed by atoms with Crippen LogP contribution in [0.1, 0.15) is 94.4 Å². The molecule has 31 heavy (non-hydrogen) atoms. The van der Waals surface area contributed by atoms with Crippen LogP contribution in [-0.2, 0) is 0 Å². The second-order valence-electron chi connectivity index (χ2n) is 14.2. The maximum Gasteiger partial charge on any atom is 0.0653 e. The first-order valence-corrected chi connectivity index (χ1v) is 13.1. The number of fused-ring (bicyclic) bond motifs is 8. The smallest absolute Gasteiger partial charge is 0.0653 e. The summed E-state index contributed by atoms with van der Waals surface area (Å²) in [6, 6.07) is 0. The van der Waals surface area contributed by atoms with Gasteiger partial charge in [-0.05, 0) is 92.8 Å². The lowest BCUT2D eigenvalue weighted by Crippen LogP contribution is -2.63. The summed E-state index contributed by atoms with van der Waals surface area (Å²) in [7, 11) is 0. The monoisotopic (exact) mass is 420 g/mol. The summed E-state index contributed by atoms with van der Waals surface area (Å²) >= 11 is 0. The fourth-order valence-electron chi connectivity index (χ4n) is 10.3. The zero-order chi connectivity index (χ0) is 22.5. The second kappa shape index (κ2) is 5.63. The Hall–Kier alpha value is -0.820. The summed E-state index contributed by atoms with van der Waals surface area (Å²) in [6.07, 6.45) is 6.21. The minimum atomic E-state index is -0.187. The normalized spacial score (nSPS) is 48.2. The third kappa shape index (κ3) is 2.06. The Morgan fingerprint density at radius 2 is 1.29 bits per heavy atom. The van der Waals surface area contributed by atoms with Gasteiger partial charge in [0.2, 0.25) is 0 Å². The van der Waals surface area contributed by atoms with Crippen molar-refractivity contribution in [1.82, 2.24) is 0 Å². The van der Waals surface area contributed by atoms with Crippen LogP contribution in [0.2, 0.25) is 0 Å². The lowest BCUT2D eigenvalue weighted by molar-refractivity contribution is -0.110. The summed E-state index contributed by atoms with van der Waals surface area (Å²) in [5.74, 6) is 3.01. The molecular formula is C30H44O. The van der Waals surface area contributed by atoms with E-state index in [0.29, 0.717) is 28.6 Å². The van der Waals surface area contributed by atoms with E-state index >= 15 is 0 Å². The van der Waals surface area contributed by atoms with Crippen molar-refractivity contribution in [1.29, 1.82) is 0 Å². The Labute approximate surface area is 190 Å². The Kier molecular flexibility index (Phi) is 3.77. The summed E-state index contributed by atoms with van der Waals surface area (Å²) < 4.78 is 0. The molecule has 9 aliphatic carbocycles. The van der Waals surface area contributed by atoms with Gasteiger partial charge in [-0.3, -0.25) is 0 Å². The van der Waals surface area contributed by atoms with E-state index in [0.717, 1.165) is 18.3 Å². The molecule has 1 nitrogen and oxygen atoms in total. The first kappa shape index (κ1) is 20.8. The molecule has 0 radical (unpaired) electrons. The van der Waals surface area contributed by atoms with Crippen molar-refractivity contribution >= 4 is 0 Å².